The van der Waals surface area contributed by atoms with Crippen LogP contribution in [0.2, 0.25) is 0 Å². The first-order valence-electron chi connectivity index (χ1n) is 3.52. The second kappa shape index (κ2) is 2.57. The molecule has 0 saturated carbocycles. The van der Waals surface area contributed by atoms with E-state index in [0.29, 0.717) is 10.5 Å². The van der Waals surface area contributed by atoms with E-state index >= 15 is 0 Å². The molecule has 4 heteroatoms. The topological polar surface area (TPSA) is 54.7 Å². The molecule has 12 heavy (non-hydrogen) atoms. The highest BCUT2D eigenvalue weighted by Crippen LogP contribution is 2.10. The lowest BCUT2D eigenvalue weighted by molar-refractivity contribution is 1.28. The van der Waals surface area contributed by atoms with Crippen molar-refractivity contribution in [1.29, 1.82) is 0 Å². The molecule has 0 saturated heterocycles. The lowest BCUT2D eigenvalue weighted by Gasteiger charge is -1.97. The van der Waals surface area contributed by atoms with E-state index < -0.39 is 0 Å². The van der Waals surface area contributed by atoms with Gasteiger partial charge in [-0.1, -0.05) is 24.4 Å². The van der Waals surface area contributed by atoms with Gasteiger partial charge in [0.05, 0.1) is 11.0 Å². The number of rotatable bonds is 0. The van der Waals surface area contributed by atoms with Crippen molar-refractivity contribution in [3.05, 3.63) is 28.9 Å². The number of nitrogens with one attached hydrogen (secondary N) is 1. The molecule has 0 atom stereocenters. The third kappa shape index (κ3) is 1.06. The smallest absolute Gasteiger partial charge is 0.159 e. The maximum Gasteiger partial charge on any atom is 0.159 e. The fraction of sp³-hybridized carbons (Fsp3) is 0. The minimum Gasteiger partial charge on any atom is -0.381 e. The Labute approximate surface area is 74.3 Å². The molecule has 0 bridgehead atoms. The Morgan fingerprint density at radius 2 is 2.08 bits per heavy atom. The van der Waals surface area contributed by atoms with Crippen molar-refractivity contribution in [3.8, 4) is 0 Å². The molecular formula is C8H7N3S. The second-order valence-corrected chi connectivity index (χ2v) is 2.88. The van der Waals surface area contributed by atoms with Gasteiger partial charge in [0.25, 0.3) is 0 Å². The molecule has 60 valence electrons. The summed E-state index contributed by atoms with van der Waals surface area (Å²) in [6.45, 7) is 0. The zero-order valence-electron chi connectivity index (χ0n) is 6.24. The molecule has 1 aromatic heterocycles. The van der Waals surface area contributed by atoms with Crippen LogP contribution in [0.1, 0.15) is 0 Å². The third-order valence-corrected chi connectivity index (χ3v) is 1.94. The maximum absolute atomic E-state index is 5.54. The van der Waals surface area contributed by atoms with Crippen LogP contribution >= 0.6 is 12.2 Å². The zero-order valence-corrected chi connectivity index (χ0v) is 7.06. The summed E-state index contributed by atoms with van der Waals surface area (Å²) in [5.41, 5.74) is 7.29. The SMILES string of the molecule is Nc1nc2ccccc2[nH]c1=S. The van der Waals surface area contributed by atoms with Crippen LogP contribution in [0.5, 0.6) is 0 Å². The van der Waals surface area contributed by atoms with E-state index in [4.69, 9.17) is 18.0 Å². The molecule has 2 rings (SSSR count). The molecule has 1 heterocycles. The molecule has 0 aliphatic rings. The van der Waals surface area contributed by atoms with Gasteiger partial charge >= 0.3 is 0 Å². The zero-order chi connectivity index (χ0) is 8.55. The van der Waals surface area contributed by atoms with Crippen LogP contribution < -0.4 is 5.73 Å². The van der Waals surface area contributed by atoms with E-state index in [2.05, 4.69) is 9.97 Å². The number of nitrogens with zero attached hydrogens (tertiary/aromatic N) is 1. The molecule has 0 aliphatic carbocycles. The van der Waals surface area contributed by atoms with Gasteiger partial charge in [-0.25, -0.2) is 4.98 Å². The number of anilines is 1. The fourth-order valence-electron chi connectivity index (χ4n) is 1.04. The largest absolute Gasteiger partial charge is 0.381 e. The maximum atomic E-state index is 5.54. The van der Waals surface area contributed by atoms with E-state index in [1.807, 2.05) is 24.3 Å². The van der Waals surface area contributed by atoms with Gasteiger partial charge in [-0.2, -0.15) is 0 Å². The van der Waals surface area contributed by atoms with Crippen molar-refractivity contribution < 1.29 is 0 Å². The third-order valence-electron chi connectivity index (χ3n) is 1.63. The molecule has 0 amide bonds. The molecule has 0 spiro atoms. The van der Waals surface area contributed by atoms with Crippen LogP contribution in [0, 0.1) is 4.64 Å². The molecule has 0 fully saturated rings. The van der Waals surface area contributed by atoms with Crippen LogP contribution in [0.15, 0.2) is 24.3 Å². The van der Waals surface area contributed by atoms with Crippen LogP contribution in [0.3, 0.4) is 0 Å². The van der Waals surface area contributed by atoms with Crippen LogP contribution in [0.4, 0.5) is 5.82 Å². The summed E-state index contributed by atoms with van der Waals surface area (Å²) in [5.74, 6) is 0.378. The molecule has 0 unspecified atom stereocenters. The Hall–Kier alpha value is -1.42. The Morgan fingerprint density at radius 3 is 2.92 bits per heavy atom. The second-order valence-electron chi connectivity index (χ2n) is 2.47. The summed E-state index contributed by atoms with van der Waals surface area (Å²) in [6.07, 6.45) is 0. The van der Waals surface area contributed by atoms with Gasteiger partial charge in [0.15, 0.2) is 5.82 Å². The van der Waals surface area contributed by atoms with Crippen molar-refractivity contribution in [2.75, 3.05) is 5.73 Å². The number of benzene rings is 1. The summed E-state index contributed by atoms with van der Waals surface area (Å²) in [6, 6.07) is 7.63. The Bertz CT molecular complexity index is 475. The van der Waals surface area contributed by atoms with Gasteiger partial charge in [-0.3, -0.25) is 0 Å². The molecule has 0 aliphatic heterocycles. The lowest BCUT2D eigenvalue weighted by Crippen LogP contribution is -1.94. The van der Waals surface area contributed by atoms with Crippen molar-refractivity contribution in [3.63, 3.8) is 0 Å². The highest BCUT2D eigenvalue weighted by Gasteiger charge is 1.95. The number of nitrogen functional groups attached to an aromatic ring is 1. The normalized spacial score (nSPS) is 10.3. The van der Waals surface area contributed by atoms with Gasteiger partial charge < -0.3 is 10.7 Å². The summed E-state index contributed by atoms with van der Waals surface area (Å²) < 4.78 is 0.494. The Morgan fingerprint density at radius 1 is 1.33 bits per heavy atom. The number of fused-ring (bicyclic) bond motifs is 1. The fourth-order valence-corrected chi connectivity index (χ4v) is 1.20. The summed E-state index contributed by atoms with van der Waals surface area (Å²) in [4.78, 5) is 7.10. The van der Waals surface area contributed by atoms with Crippen LogP contribution in [0.25, 0.3) is 11.0 Å². The number of aromatic amines is 1. The minimum absolute atomic E-state index is 0.378. The standard InChI is InChI=1S/C8H7N3S/c9-7-8(12)11-6-4-2-1-3-5(6)10-7/h1-4H,(H2,9,10)(H,11,12). The molecule has 2 aromatic rings. The number of hydrogen-bond acceptors (Lipinski definition) is 3. The molecule has 0 radical (unpaired) electrons. The Kier molecular flexibility index (Phi) is 1.55. The summed E-state index contributed by atoms with van der Waals surface area (Å²) in [5, 5.41) is 0. The minimum atomic E-state index is 0.378. The number of para-hydroxylation sites is 2. The predicted octanol–water partition coefficient (Wildman–Crippen LogP) is 1.87. The number of aromatic nitrogens is 2. The number of nitrogens with two attached hydrogens (primary N) is 1. The summed E-state index contributed by atoms with van der Waals surface area (Å²) >= 11 is 4.94. The molecule has 3 N–H and O–H groups in total. The van der Waals surface area contributed by atoms with Gasteiger partial charge in [0.2, 0.25) is 0 Å². The van der Waals surface area contributed by atoms with Gasteiger partial charge in [0, 0.05) is 0 Å². The average molecular weight is 177 g/mol. The first-order valence-corrected chi connectivity index (χ1v) is 3.93. The first kappa shape index (κ1) is 7.24. The van der Waals surface area contributed by atoms with E-state index in [-0.39, 0.29) is 0 Å². The van der Waals surface area contributed by atoms with Crippen LogP contribution in [-0.4, -0.2) is 9.97 Å². The van der Waals surface area contributed by atoms with E-state index in [9.17, 15) is 0 Å². The van der Waals surface area contributed by atoms with Gasteiger partial charge in [0.1, 0.15) is 4.64 Å². The van der Waals surface area contributed by atoms with Crippen molar-refractivity contribution in [2.24, 2.45) is 0 Å². The van der Waals surface area contributed by atoms with E-state index in [1.165, 1.54) is 0 Å². The van der Waals surface area contributed by atoms with Crippen LogP contribution in [-0.2, 0) is 0 Å². The number of hydrogen-bond donors (Lipinski definition) is 2. The molecule has 1 aromatic carbocycles. The van der Waals surface area contributed by atoms with Gasteiger partial charge in [-0.05, 0) is 12.1 Å². The lowest BCUT2D eigenvalue weighted by atomic mass is 10.3. The highest BCUT2D eigenvalue weighted by atomic mass is 32.1. The van der Waals surface area contributed by atoms with E-state index in [1.54, 1.807) is 0 Å². The van der Waals surface area contributed by atoms with Gasteiger partial charge in [-0.15, -0.1) is 0 Å². The molecule has 3 nitrogen and oxygen atoms in total. The Balaban J connectivity index is 2.93. The molecular weight excluding hydrogens is 170 g/mol. The first-order chi connectivity index (χ1) is 5.77. The van der Waals surface area contributed by atoms with Crippen molar-refractivity contribution in [1.82, 2.24) is 9.97 Å². The quantitative estimate of drug-likeness (QED) is 0.604. The number of H-pyrrole nitrogens is 1. The van der Waals surface area contributed by atoms with Crippen molar-refractivity contribution in [2.45, 2.75) is 0 Å². The average Bonchev–Trinajstić information content (AvgIpc) is 2.07. The van der Waals surface area contributed by atoms with Crippen molar-refractivity contribution >= 4 is 29.1 Å². The highest BCUT2D eigenvalue weighted by molar-refractivity contribution is 7.71. The predicted molar refractivity (Wildman–Crippen MR) is 51.3 cm³/mol. The summed E-state index contributed by atoms with van der Waals surface area (Å²) in [7, 11) is 0. The van der Waals surface area contributed by atoms with E-state index in [0.717, 1.165) is 11.0 Å². The monoisotopic (exact) mass is 177 g/mol.